The fourth-order valence-electron chi connectivity index (χ4n) is 6.69. The molecule has 50 heavy (non-hydrogen) atoms. The molecule has 4 nitrogen and oxygen atoms in total. The van der Waals surface area contributed by atoms with Crippen LogP contribution in [-0.2, 0) is 0 Å². The fraction of sp³-hybridized carbons (Fsp3) is 0.0217. The second-order valence-electron chi connectivity index (χ2n) is 12.4. The van der Waals surface area contributed by atoms with Gasteiger partial charge in [0.25, 0.3) is 0 Å². The molecule has 1 aromatic heterocycles. The van der Waals surface area contributed by atoms with Crippen LogP contribution in [0.1, 0.15) is 5.56 Å². The SMILES string of the molecule is C1=CCNC(c2ccc3c(c2)Oc2cc(-c4ccccc4)ccc2-c2ccc(-c4ccccc4)cc2Oc2cc(-c4ccccn4)ccc2-3)=C1. The van der Waals surface area contributed by atoms with Crippen molar-refractivity contribution < 1.29 is 9.47 Å². The predicted octanol–water partition coefficient (Wildman–Crippen LogP) is 11.8. The number of allylic oxidation sites excluding steroid dienone is 2. The van der Waals surface area contributed by atoms with E-state index in [4.69, 9.17) is 9.47 Å². The molecule has 4 heteroatoms. The maximum absolute atomic E-state index is 7.11. The third-order valence-corrected chi connectivity index (χ3v) is 9.24. The average Bonchev–Trinajstić information content (AvgIpc) is 3.19. The number of fused-ring (bicyclic) bond motifs is 6. The van der Waals surface area contributed by atoms with Crippen LogP contribution in [0.15, 0.2) is 176 Å². The highest BCUT2D eigenvalue weighted by molar-refractivity contribution is 5.87. The number of nitrogens with zero attached hydrogens (tertiary/aromatic N) is 1. The molecule has 0 saturated carbocycles. The molecule has 0 spiro atoms. The zero-order valence-corrected chi connectivity index (χ0v) is 27.2. The van der Waals surface area contributed by atoms with Crippen LogP contribution in [-0.4, -0.2) is 11.5 Å². The lowest BCUT2D eigenvalue weighted by Crippen LogP contribution is -2.14. The molecule has 0 radical (unpaired) electrons. The molecule has 9 rings (SSSR count). The topological polar surface area (TPSA) is 43.4 Å². The Kier molecular flexibility index (Phi) is 7.52. The molecule has 6 aromatic carbocycles. The van der Waals surface area contributed by atoms with E-state index >= 15 is 0 Å². The minimum Gasteiger partial charge on any atom is -0.456 e. The van der Waals surface area contributed by atoms with E-state index in [9.17, 15) is 0 Å². The van der Waals surface area contributed by atoms with Gasteiger partial charge in [-0.25, -0.2) is 0 Å². The number of benzene rings is 6. The van der Waals surface area contributed by atoms with E-state index in [2.05, 4.69) is 150 Å². The van der Waals surface area contributed by atoms with Crippen LogP contribution in [0.4, 0.5) is 0 Å². The minimum absolute atomic E-state index is 0.722. The molecular weight excluding hydrogens is 613 g/mol. The Labute approximate surface area is 291 Å². The zero-order valence-electron chi connectivity index (χ0n) is 27.2. The number of rotatable bonds is 4. The number of hydrogen-bond donors (Lipinski definition) is 1. The van der Waals surface area contributed by atoms with Gasteiger partial charge in [-0.05, 0) is 89.0 Å². The molecule has 7 aromatic rings. The van der Waals surface area contributed by atoms with Crippen LogP contribution in [0.25, 0.3) is 61.5 Å². The van der Waals surface area contributed by atoms with Crippen LogP contribution in [0, 0.1) is 0 Å². The van der Waals surface area contributed by atoms with Crippen molar-refractivity contribution in [2.24, 2.45) is 0 Å². The van der Waals surface area contributed by atoms with Crippen molar-refractivity contribution in [3.05, 3.63) is 182 Å². The smallest absolute Gasteiger partial charge is 0.136 e. The minimum atomic E-state index is 0.722. The number of hydrogen-bond acceptors (Lipinski definition) is 4. The summed E-state index contributed by atoms with van der Waals surface area (Å²) in [5.41, 5.74) is 12.1. The summed E-state index contributed by atoms with van der Waals surface area (Å²) in [6.45, 7) is 0.780. The van der Waals surface area contributed by atoms with Crippen LogP contribution in [0.3, 0.4) is 0 Å². The van der Waals surface area contributed by atoms with Gasteiger partial charge in [0.05, 0.1) is 5.69 Å². The van der Waals surface area contributed by atoms with Gasteiger partial charge in [-0.1, -0.05) is 103 Å². The number of dihydropyridines is 1. The normalized spacial score (nSPS) is 12.8. The van der Waals surface area contributed by atoms with E-state index in [1.165, 1.54) is 0 Å². The van der Waals surface area contributed by atoms with Crippen LogP contribution in [0.2, 0.25) is 0 Å². The lowest BCUT2D eigenvalue weighted by atomic mass is 9.94. The van der Waals surface area contributed by atoms with Crippen LogP contribution >= 0.6 is 0 Å². The summed E-state index contributed by atoms with van der Waals surface area (Å²) < 4.78 is 14.2. The molecule has 0 atom stereocenters. The Morgan fingerprint density at radius 3 is 1.42 bits per heavy atom. The van der Waals surface area contributed by atoms with Crippen molar-refractivity contribution in [2.45, 2.75) is 0 Å². The molecule has 0 saturated heterocycles. The van der Waals surface area contributed by atoms with Crippen molar-refractivity contribution in [1.82, 2.24) is 10.3 Å². The van der Waals surface area contributed by atoms with Crippen molar-refractivity contribution >= 4 is 5.70 Å². The largest absolute Gasteiger partial charge is 0.456 e. The van der Waals surface area contributed by atoms with E-state index in [1.807, 2.05) is 36.5 Å². The second-order valence-corrected chi connectivity index (χ2v) is 12.4. The van der Waals surface area contributed by atoms with Crippen molar-refractivity contribution in [3.8, 4) is 78.8 Å². The van der Waals surface area contributed by atoms with Gasteiger partial charge in [0.1, 0.15) is 23.0 Å². The third kappa shape index (κ3) is 5.63. The van der Waals surface area contributed by atoms with Gasteiger partial charge < -0.3 is 14.8 Å². The number of ether oxygens (including phenoxy) is 2. The van der Waals surface area contributed by atoms with Gasteiger partial charge in [0.2, 0.25) is 0 Å². The summed E-state index contributed by atoms with van der Waals surface area (Å²) in [5, 5.41) is 3.51. The second kappa shape index (κ2) is 12.8. The van der Waals surface area contributed by atoms with Gasteiger partial charge in [-0.3, -0.25) is 4.98 Å². The molecule has 0 amide bonds. The highest BCUT2D eigenvalue weighted by Gasteiger charge is 2.23. The Morgan fingerprint density at radius 2 is 0.920 bits per heavy atom. The lowest BCUT2D eigenvalue weighted by Gasteiger charge is -2.23. The molecule has 238 valence electrons. The molecule has 2 aliphatic heterocycles. The van der Waals surface area contributed by atoms with Crippen molar-refractivity contribution in [1.29, 1.82) is 0 Å². The lowest BCUT2D eigenvalue weighted by molar-refractivity contribution is 0.472. The van der Waals surface area contributed by atoms with E-state index in [0.29, 0.717) is 0 Å². The molecule has 1 N–H and O–H groups in total. The molecular formula is C46H32N2O2. The van der Waals surface area contributed by atoms with E-state index in [-0.39, 0.29) is 0 Å². The first-order chi connectivity index (χ1) is 24.8. The van der Waals surface area contributed by atoms with E-state index in [1.54, 1.807) is 0 Å². The Hall–Kier alpha value is -6.65. The van der Waals surface area contributed by atoms with Crippen LogP contribution in [0.5, 0.6) is 23.0 Å². The van der Waals surface area contributed by atoms with Gasteiger partial charge in [-0.2, -0.15) is 0 Å². The summed E-state index contributed by atoms with van der Waals surface area (Å²) in [7, 11) is 0. The molecule has 0 aliphatic carbocycles. The monoisotopic (exact) mass is 644 g/mol. The quantitative estimate of drug-likeness (QED) is 0.207. The highest BCUT2D eigenvalue weighted by atomic mass is 16.5. The maximum atomic E-state index is 7.11. The molecule has 0 unspecified atom stereocenters. The van der Waals surface area contributed by atoms with E-state index in [0.717, 1.165) is 96.6 Å². The van der Waals surface area contributed by atoms with Gasteiger partial charge in [-0.15, -0.1) is 0 Å². The molecule has 3 heterocycles. The first-order valence-electron chi connectivity index (χ1n) is 16.8. The first kappa shape index (κ1) is 29.5. The average molecular weight is 645 g/mol. The first-order valence-corrected chi connectivity index (χ1v) is 16.8. The number of pyridine rings is 1. The summed E-state index contributed by atoms with van der Waals surface area (Å²) in [4.78, 5) is 4.64. The Bertz CT molecular complexity index is 2420. The maximum Gasteiger partial charge on any atom is 0.136 e. The number of nitrogens with one attached hydrogen (secondary N) is 1. The van der Waals surface area contributed by atoms with Gasteiger partial charge in [0, 0.05) is 51.8 Å². The fourth-order valence-corrected chi connectivity index (χ4v) is 6.69. The standard InChI is InChI=1S/C46H32N2O2/c1-3-11-31(12-4-1)33-17-21-37-38-22-18-34(32-13-5-2-6-14-32)28-44(38)50-46-30-36(42-16-8-10-26-48-42)20-24-40(46)39-23-19-35(41-15-7-9-25-47-41)29-45(39)49-43(37)27-33/h1-25,27-30,48H,26H2. The van der Waals surface area contributed by atoms with Gasteiger partial charge in [0.15, 0.2) is 0 Å². The van der Waals surface area contributed by atoms with Crippen molar-refractivity contribution in [2.75, 3.05) is 6.54 Å². The van der Waals surface area contributed by atoms with Gasteiger partial charge >= 0.3 is 0 Å². The molecule has 0 fully saturated rings. The van der Waals surface area contributed by atoms with Crippen molar-refractivity contribution in [3.63, 3.8) is 0 Å². The third-order valence-electron chi connectivity index (χ3n) is 9.24. The van der Waals surface area contributed by atoms with Crippen LogP contribution < -0.4 is 14.8 Å². The summed E-state index contributed by atoms with van der Waals surface area (Å²) in [6, 6.07) is 52.4. The molecule has 0 bridgehead atoms. The summed E-state index contributed by atoms with van der Waals surface area (Å²) >= 11 is 0. The zero-order chi connectivity index (χ0) is 33.3. The highest BCUT2D eigenvalue weighted by Crippen LogP contribution is 2.49. The Balaban J connectivity index is 1.30. The summed E-state index contributed by atoms with van der Waals surface area (Å²) in [5.74, 6) is 2.96. The Morgan fingerprint density at radius 1 is 0.440 bits per heavy atom. The van der Waals surface area contributed by atoms with E-state index < -0.39 is 0 Å². The number of aromatic nitrogens is 1. The predicted molar refractivity (Wildman–Crippen MR) is 203 cm³/mol. The molecule has 2 aliphatic rings. The summed E-state index contributed by atoms with van der Waals surface area (Å²) in [6.07, 6.45) is 8.11.